The van der Waals surface area contributed by atoms with Crippen molar-refractivity contribution in [3.05, 3.63) is 35.9 Å². The monoisotopic (exact) mass is 226 g/mol. The number of unbranched alkanes of at least 4 members (excludes halogenated alkanes) is 3. The Hall–Kier alpha value is -0.860. The van der Waals surface area contributed by atoms with Gasteiger partial charge in [0.25, 0.3) is 0 Å². The molecule has 0 aliphatic heterocycles. The second kappa shape index (κ2) is 16.6. The molecule has 0 saturated carbocycles. The molecule has 2 heteroatoms. The Bertz CT molecular complexity index is 197. The van der Waals surface area contributed by atoms with Gasteiger partial charge in [0.15, 0.2) is 0 Å². The van der Waals surface area contributed by atoms with Gasteiger partial charge in [0.05, 0.1) is 0 Å². The Kier molecular flexibility index (Phi) is 18.2. The summed E-state index contributed by atoms with van der Waals surface area (Å²) in [5.74, 6) is 0. The van der Waals surface area contributed by atoms with E-state index in [1.807, 2.05) is 0 Å². The zero-order valence-electron chi connectivity index (χ0n) is 10.8. The molecular weight excluding hydrogens is 200 g/mol. The van der Waals surface area contributed by atoms with Gasteiger partial charge in [-0.3, -0.25) is 0 Å². The number of hydrogen-bond acceptors (Lipinski definition) is 2. The summed E-state index contributed by atoms with van der Waals surface area (Å²) in [5.41, 5.74) is 1.48. The summed E-state index contributed by atoms with van der Waals surface area (Å²) >= 11 is 0. The quantitative estimate of drug-likeness (QED) is 0.758. The Morgan fingerprint density at radius 3 is 1.88 bits per heavy atom. The normalized spacial score (nSPS) is 8.31. The first-order valence-electron chi connectivity index (χ1n) is 5.87. The molecule has 0 saturated heterocycles. The van der Waals surface area contributed by atoms with E-state index in [1.165, 1.54) is 37.7 Å². The molecule has 94 valence electrons. The lowest BCUT2D eigenvalue weighted by atomic mass is 10.1. The minimum absolute atomic E-state index is 1.00. The van der Waals surface area contributed by atoms with Crippen LogP contribution in [0.15, 0.2) is 30.3 Å². The lowest BCUT2D eigenvalue weighted by molar-refractivity contribution is 0.399. The lowest BCUT2D eigenvalue weighted by Gasteiger charge is -1.99. The van der Waals surface area contributed by atoms with E-state index >= 15 is 0 Å². The molecule has 0 unspecified atom stereocenters. The molecule has 0 aliphatic rings. The number of aliphatic hydroxyl groups excluding tert-OH is 2. The van der Waals surface area contributed by atoms with Crippen LogP contribution in [0.1, 0.15) is 38.2 Å². The second-order valence-electron chi connectivity index (χ2n) is 3.30. The van der Waals surface area contributed by atoms with Gasteiger partial charge in [0, 0.05) is 14.2 Å². The predicted octanol–water partition coefficient (Wildman–Crippen LogP) is 3.03. The summed E-state index contributed by atoms with van der Waals surface area (Å²) in [6, 6.07) is 10.7. The van der Waals surface area contributed by atoms with Gasteiger partial charge in [0.2, 0.25) is 0 Å². The highest BCUT2D eigenvalue weighted by atomic mass is 16.2. The maximum atomic E-state index is 7.00. The van der Waals surface area contributed by atoms with Crippen LogP contribution in [0.25, 0.3) is 0 Å². The maximum Gasteiger partial charge on any atom is 0.0319 e. The van der Waals surface area contributed by atoms with Crippen molar-refractivity contribution in [2.75, 3.05) is 14.2 Å². The van der Waals surface area contributed by atoms with Crippen LogP contribution in [-0.2, 0) is 6.42 Å². The van der Waals surface area contributed by atoms with Crippen LogP contribution in [0.3, 0.4) is 0 Å². The summed E-state index contributed by atoms with van der Waals surface area (Å²) in [5, 5.41) is 14.0. The van der Waals surface area contributed by atoms with Crippen LogP contribution < -0.4 is 0 Å². The minimum atomic E-state index is 1.00. The number of rotatable bonds is 5. The van der Waals surface area contributed by atoms with Gasteiger partial charge in [-0.2, -0.15) is 0 Å². The van der Waals surface area contributed by atoms with E-state index in [4.69, 9.17) is 10.2 Å². The fraction of sp³-hybridized carbons (Fsp3) is 0.571. The molecule has 0 heterocycles. The smallest absolute Gasteiger partial charge is 0.0319 e. The van der Waals surface area contributed by atoms with Gasteiger partial charge in [0.1, 0.15) is 0 Å². The maximum absolute atomic E-state index is 7.00. The van der Waals surface area contributed by atoms with E-state index in [-0.39, 0.29) is 0 Å². The minimum Gasteiger partial charge on any atom is -0.400 e. The van der Waals surface area contributed by atoms with Crippen molar-refractivity contribution < 1.29 is 10.2 Å². The Balaban J connectivity index is 0. The fourth-order valence-electron chi connectivity index (χ4n) is 1.40. The highest BCUT2D eigenvalue weighted by Gasteiger charge is 1.90. The summed E-state index contributed by atoms with van der Waals surface area (Å²) in [6.07, 6.45) is 6.69. The van der Waals surface area contributed by atoms with Gasteiger partial charge in [-0.15, -0.1) is 0 Å². The van der Waals surface area contributed by atoms with E-state index in [1.54, 1.807) is 0 Å². The molecule has 2 N–H and O–H groups in total. The standard InChI is InChI=1S/C12H18.2CH4O/c1-2-3-4-6-9-12-10-7-5-8-11-12;2*1-2/h5,7-8,10-11H,2-4,6,9H2,1H3;2*2H,1H3. The van der Waals surface area contributed by atoms with E-state index < -0.39 is 0 Å². The number of hydrogen-bond donors (Lipinski definition) is 2. The predicted molar refractivity (Wildman–Crippen MR) is 70.6 cm³/mol. The van der Waals surface area contributed by atoms with Gasteiger partial charge < -0.3 is 10.2 Å². The van der Waals surface area contributed by atoms with Crippen LogP contribution in [0.5, 0.6) is 0 Å². The van der Waals surface area contributed by atoms with E-state index in [2.05, 4.69) is 37.3 Å². The molecule has 0 radical (unpaired) electrons. The Labute approximate surface area is 100.0 Å². The van der Waals surface area contributed by atoms with Crippen LogP contribution in [0, 0.1) is 0 Å². The number of aryl methyl sites for hydroxylation is 1. The first-order chi connectivity index (χ1) is 7.93. The van der Waals surface area contributed by atoms with Crippen molar-refractivity contribution in [1.29, 1.82) is 0 Å². The molecule has 1 rings (SSSR count). The molecule has 1 aromatic rings. The second-order valence-corrected chi connectivity index (χ2v) is 3.30. The molecule has 0 aliphatic carbocycles. The third kappa shape index (κ3) is 11.2. The van der Waals surface area contributed by atoms with Crippen molar-refractivity contribution in [1.82, 2.24) is 0 Å². The molecular formula is C14H26O2. The van der Waals surface area contributed by atoms with Crippen LogP contribution in [0.2, 0.25) is 0 Å². The van der Waals surface area contributed by atoms with Crippen molar-refractivity contribution in [2.45, 2.75) is 39.0 Å². The highest BCUT2D eigenvalue weighted by molar-refractivity contribution is 5.14. The van der Waals surface area contributed by atoms with Crippen molar-refractivity contribution in [3.63, 3.8) is 0 Å². The molecule has 0 bridgehead atoms. The third-order valence-electron chi connectivity index (χ3n) is 2.16. The average Bonchev–Trinajstić information content (AvgIpc) is 2.41. The van der Waals surface area contributed by atoms with Crippen molar-refractivity contribution >= 4 is 0 Å². The fourth-order valence-corrected chi connectivity index (χ4v) is 1.40. The van der Waals surface area contributed by atoms with Gasteiger partial charge in [-0.25, -0.2) is 0 Å². The molecule has 16 heavy (non-hydrogen) atoms. The van der Waals surface area contributed by atoms with Crippen molar-refractivity contribution in [3.8, 4) is 0 Å². The highest BCUT2D eigenvalue weighted by Crippen LogP contribution is 2.06. The topological polar surface area (TPSA) is 40.5 Å². The largest absolute Gasteiger partial charge is 0.400 e. The average molecular weight is 226 g/mol. The number of aliphatic hydroxyl groups is 2. The van der Waals surface area contributed by atoms with E-state index in [0.29, 0.717) is 0 Å². The zero-order chi connectivity index (χ0) is 12.6. The van der Waals surface area contributed by atoms with Crippen LogP contribution in [-0.4, -0.2) is 24.4 Å². The Morgan fingerprint density at radius 1 is 0.812 bits per heavy atom. The molecule has 1 aromatic carbocycles. The van der Waals surface area contributed by atoms with Gasteiger partial charge in [-0.05, 0) is 18.4 Å². The SMILES string of the molecule is CCCCCCc1ccccc1.CO.CO. The molecule has 0 amide bonds. The molecule has 0 aromatic heterocycles. The van der Waals surface area contributed by atoms with Crippen molar-refractivity contribution in [2.24, 2.45) is 0 Å². The zero-order valence-corrected chi connectivity index (χ0v) is 10.8. The summed E-state index contributed by atoms with van der Waals surface area (Å²) in [6.45, 7) is 2.25. The van der Waals surface area contributed by atoms with E-state index in [0.717, 1.165) is 14.2 Å². The molecule has 2 nitrogen and oxygen atoms in total. The summed E-state index contributed by atoms with van der Waals surface area (Å²) < 4.78 is 0. The van der Waals surface area contributed by atoms with Crippen LogP contribution in [0.4, 0.5) is 0 Å². The van der Waals surface area contributed by atoms with Crippen LogP contribution >= 0.6 is 0 Å². The molecule has 0 atom stereocenters. The third-order valence-corrected chi connectivity index (χ3v) is 2.16. The first-order valence-corrected chi connectivity index (χ1v) is 5.87. The van der Waals surface area contributed by atoms with Gasteiger partial charge >= 0.3 is 0 Å². The molecule has 0 fully saturated rings. The number of benzene rings is 1. The first kappa shape index (κ1) is 17.5. The summed E-state index contributed by atoms with van der Waals surface area (Å²) in [7, 11) is 2.00. The summed E-state index contributed by atoms with van der Waals surface area (Å²) in [4.78, 5) is 0. The Morgan fingerprint density at radius 2 is 1.38 bits per heavy atom. The van der Waals surface area contributed by atoms with E-state index in [9.17, 15) is 0 Å². The molecule has 0 spiro atoms. The lowest BCUT2D eigenvalue weighted by Crippen LogP contribution is -1.84. The van der Waals surface area contributed by atoms with Gasteiger partial charge in [-0.1, -0.05) is 56.5 Å².